The van der Waals surface area contributed by atoms with Crippen molar-refractivity contribution in [2.75, 3.05) is 30.3 Å². The molecule has 5 N–H and O–H groups in total. The first-order valence-corrected chi connectivity index (χ1v) is 7.65. The van der Waals surface area contributed by atoms with Crippen molar-refractivity contribution < 1.29 is 9.59 Å². The number of carbonyl (C=O) groups is 2. The summed E-state index contributed by atoms with van der Waals surface area (Å²) in [6.07, 6.45) is 2.49. The smallest absolute Gasteiger partial charge is 0.263 e. The monoisotopic (exact) mass is 310 g/mol. The van der Waals surface area contributed by atoms with Gasteiger partial charge in [0.1, 0.15) is 9.88 Å². The molecule has 0 saturated heterocycles. The fourth-order valence-electron chi connectivity index (χ4n) is 1.98. The van der Waals surface area contributed by atoms with Gasteiger partial charge in [0.15, 0.2) is 0 Å². The number of thiophene rings is 1. The van der Waals surface area contributed by atoms with Gasteiger partial charge in [-0.1, -0.05) is 13.0 Å². The lowest BCUT2D eigenvalue weighted by Gasteiger charge is -2.21. The second-order valence-corrected chi connectivity index (χ2v) is 5.47. The first-order chi connectivity index (χ1) is 9.97. The third-order valence-corrected chi connectivity index (χ3v) is 4.21. The molecule has 7 heteroatoms. The summed E-state index contributed by atoms with van der Waals surface area (Å²) in [5.74, 6) is -0.935. The quantitative estimate of drug-likeness (QED) is 0.634. The van der Waals surface area contributed by atoms with Crippen molar-refractivity contribution in [3.63, 3.8) is 0 Å². The minimum Gasteiger partial charge on any atom is -0.397 e. The van der Waals surface area contributed by atoms with Crippen LogP contribution in [0, 0.1) is 0 Å². The number of amides is 2. The van der Waals surface area contributed by atoms with E-state index >= 15 is 0 Å². The summed E-state index contributed by atoms with van der Waals surface area (Å²) in [6.45, 7) is 9.38. The molecule has 1 aromatic rings. The third kappa shape index (κ3) is 3.75. The van der Waals surface area contributed by atoms with Crippen LogP contribution in [-0.4, -0.2) is 31.4 Å². The van der Waals surface area contributed by atoms with Gasteiger partial charge in [0, 0.05) is 19.6 Å². The second-order valence-electron chi connectivity index (χ2n) is 4.47. The summed E-state index contributed by atoms with van der Waals surface area (Å²) in [7, 11) is 0. The molecule has 1 aromatic heterocycles. The molecule has 1 heterocycles. The van der Waals surface area contributed by atoms with Crippen molar-refractivity contribution in [3.05, 3.63) is 23.1 Å². The Kier molecular flexibility index (Phi) is 6.23. The zero-order chi connectivity index (χ0) is 16.0. The van der Waals surface area contributed by atoms with E-state index in [9.17, 15) is 9.59 Å². The maximum absolute atomic E-state index is 12.1. The highest BCUT2D eigenvalue weighted by molar-refractivity contribution is 7.19. The van der Waals surface area contributed by atoms with Crippen molar-refractivity contribution in [1.82, 2.24) is 5.32 Å². The van der Waals surface area contributed by atoms with Crippen LogP contribution in [0.5, 0.6) is 0 Å². The Bertz CT molecular complexity index is 539. The van der Waals surface area contributed by atoms with Crippen molar-refractivity contribution in [2.24, 2.45) is 5.73 Å². The molecule has 6 nitrogen and oxygen atoms in total. The molecule has 0 aliphatic heterocycles. The third-order valence-electron chi connectivity index (χ3n) is 2.95. The summed E-state index contributed by atoms with van der Waals surface area (Å²) < 4.78 is 0. The molecule has 2 amide bonds. The van der Waals surface area contributed by atoms with Crippen LogP contribution in [0.1, 0.15) is 40.3 Å². The van der Waals surface area contributed by atoms with E-state index in [0.29, 0.717) is 23.0 Å². The Hall–Kier alpha value is -2.02. The van der Waals surface area contributed by atoms with Gasteiger partial charge in [0.2, 0.25) is 0 Å². The highest BCUT2D eigenvalue weighted by atomic mass is 32.1. The second kappa shape index (κ2) is 7.68. The van der Waals surface area contributed by atoms with E-state index in [1.54, 1.807) is 6.08 Å². The molecule has 0 saturated carbocycles. The lowest BCUT2D eigenvalue weighted by molar-refractivity contribution is 0.0962. The number of nitrogen functional groups attached to an aromatic ring is 1. The van der Waals surface area contributed by atoms with Crippen LogP contribution in [0.4, 0.5) is 10.7 Å². The summed E-state index contributed by atoms with van der Waals surface area (Å²) >= 11 is 1.20. The number of nitrogens with one attached hydrogen (secondary N) is 1. The number of nitrogens with zero attached hydrogens (tertiary/aromatic N) is 1. The van der Waals surface area contributed by atoms with E-state index in [1.165, 1.54) is 11.3 Å². The van der Waals surface area contributed by atoms with Gasteiger partial charge in [-0.3, -0.25) is 9.59 Å². The fourth-order valence-corrected chi connectivity index (χ4v) is 3.21. The Morgan fingerprint density at radius 3 is 2.57 bits per heavy atom. The van der Waals surface area contributed by atoms with Crippen molar-refractivity contribution >= 4 is 33.8 Å². The molecular formula is C14H22N4O2S. The van der Waals surface area contributed by atoms with Crippen LogP contribution in [0.25, 0.3) is 0 Å². The van der Waals surface area contributed by atoms with Crippen LogP contribution in [0.2, 0.25) is 0 Å². The molecule has 0 unspecified atom stereocenters. The van der Waals surface area contributed by atoms with E-state index < -0.39 is 5.91 Å². The van der Waals surface area contributed by atoms with E-state index in [0.717, 1.165) is 13.0 Å². The van der Waals surface area contributed by atoms with E-state index in [4.69, 9.17) is 11.5 Å². The van der Waals surface area contributed by atoms with Gasteiger partial charge in [0.05, 0.1) is 11.3 Å². The molecule has 0 atom stereocenters. The SMILES string of the molecule is C=CCNC(=O)c1sc(N(CC)CCC)c(C(N)=O)c1N. The fraction of sp³-hybridized carbons (Fsp3) is 0.429. The van der Waals surface area contributed by atoms with Gasteiger partial charge in [-0.25, -0.2) is 0 Å². The van der Waals surface area contributed by atoms with Crippen molar-refractivity contribution in [2.45, 2.75) is 20.3 Å². The van der Waals surface area contributed by atoms with Crippen molar-refractivity contribution in [1.29, 1.82) is 0 Å². The Morgan fingerprint density at radius 1 is 1.43 bits per heavy atom. The maximum Gasteiger partial charge on any atom is 0.263 e. The highest BCUT2D eigenvalue weighted by Gasteiger charge is 2.26. The molecule has 0 aromatic carbocycles. The van der Waals surface area contributed by atoms with Gasteiger partial charge in [-0.05, 0) is 13.3 Å². The normalized spacial score (nSPS) is 10.2. The van der Waals surface area contributed by atoms with Crippen LogP contribution < -0.4 is 21.7 Å². The van der Waals surface area contributed by atoms with E-state index in [1.807, 2.05) is 18.7 Å². The summed E-state index contributed by atoms with van der Waals surface area (Å²) in [6, 6.07) is 0. The van der Waals surface area contributed by atoms with Gasteiger partial charge in [-0.15, -0.1) is 17.9 Å². The molecule has 1 rings (SSSR count). The number of hydrogen-bond donors (Lipinski definition) is 3. The first-order valence-electron chi connectivity index (χ1n) is 6.83. The minimum absolute atomic E-state index is 0.151. The van der Waals surface area contributed by atoms with Gasteiger partial charge in [0.25, 0.3) is 11.8 Å². The number of carbonyl (C=O) groups excluding carboxylic acids is 2. The van der Waals surface area contributed by atoms with Crippen LogP contribution in [0.3, 0.4) is 0 Å². The Labute approximate surface area is 128 Å². The minimum atomic E-state index is -0.615. The lowest BCUT2D eigenvalue weighted by Crippen LogP contribution is -2.26. The molecule has 0 radical (unpaired) electrons. The maximum atomic E-state index is 12.1. The van der Waals surface area contributed by atoms with Crippen LogP contribution in [0.15, 0.2) is 12.7 Å². The number of anilines is 2. The summed E-state index contributed by atoms with van der Waals surface area (Å²) in [5, 5.41) is 3.32. The van der Waals surface area contributed by atoms with Crippen LogP contribution >= 0.6 is 11.3 Å². The van der Waals surface area contributed by atoms with Crippen molar-refractivity contribution in [3.8, 4) is 0 Å². The molecular weight excluding hydrogens is 288 g/mol. The molecule has 0 fully saturated rings. The lowest BCUT2D eigenvalue weighted by atomic mass is 10.2. The number of rotatable bonds is 8. The van der Waals surface area contributed by atoms with Gasteiger partial charge in [-0.2, -0.15) is 0 Å². The average molecular weight is 310 g/mol. The topological polar surface area (TPSA) is 101 Å². The summed E-state index contributed by atoms with van der Waals surface area (Å²) in [4.78, 5) is 26.1. The zero-order valence-electron chi connectivity index (χ0n) is 12.4. The van der Waals surface area contributed by atoms with E-state index in [-0.39, 0.29) is 17.2 Å². The molecule has 0 bridgehead atoms. The summed E-state index contributed by atoms with van der Waals surface area (Å²) in [5.41, 5.74) is 11.8. The number of nitrogens with two attached hydrogens (primary N) is 2. The Morgan fingerprint density at radius 2 is 2.10 bits per heavy atom. The van der Waals surface area contributed by atoms with Crippen LogP contribution in [-0.2, 0) is 0 Å². The number of primary amides is 1. The zero-order valence-corrected chi connectivity index (χ0v) is 13.3. The highest BCUT2D eigenvalue weighted by Crippen LogP contribution is 2.38. The first kappa shape index (κ1) is 17.0. The van der Waals surface area contributed by atoms with E-state index in [2.05, 4.69) is 11.9 Å². The van der Waals surface area contributed by atoms with Gasteiger partial charge >= 0.3 is 0 Å². The molecule has 0 aliphatic carbocycles. The average Bonchev–Trinajstić information content (AvgIpc) is 2.79. The predicted molar refractivity (Wildman–Crippen MR) is 88.0 cm³/mol. The standard InChI is InChI=1S/C14H22N4O2S/c1-4-7-17-13(20)11-10(15)9(12(16)19)14(21-11)18(6-3)8-5-2/h4H,1,5-8,15H2,2-3H3,(H2,16,19)(H,17,20). The molecule has 116 valence electrons. The van der Waals surface area contributed by atoms with Gasteiger partial charge < -0.3 is 21.7 Å². The predicted octanol–water partition coefficient (Wildman–Crippen LogP) is 1.58. The molecule has 0 aliphatic rings. The number of hydrogen-bond acceptors (Lipinski definition) is 5. The Balaban J connectivity index is 3.27. The molecule has 0 spiro atoms. The largest absolute Gasteiger partial charge is 0.397 e. The molecule has 21 heavy (non-hydrogen) atoms.